The minimum absolute atomic E-state index is 0.0971. The van der Waals surface area contributed by atoms with Crippen molar-refractivity contribution in [3.8, 4) is 0 Å². The van der Waals surface area contributed by atoms with Gasteiger partial charge in [-0.25, -0.2) is 4.39 Å². The average molecular weight is 476 g/mol. The molecule has 1 unspecified atom stereocenters. The van der Waals surface area contributed by atoms with Crippen molar-refractivity contribution >= 4 is 46.5 Å². The van der Waals surface area contributed by atoms with Crippen LogP contribution in [0.3, 0.4) is 0 Å². The van der Waals surface area contributed by atoms with Crippen molar-refractivity contribution in [1.29, 1.82) is 0 Å². The Morgan fingerprint density at radius 2 is 1.68 bits per heavy atom. The summed E-state index contributed by atoms with van der Waals surface area (Å²) < 4.78 is 13.6. The van der Waals surface area contributed by atoms with Crippen LogP contribution in [0, 0.1) is 19.7 Å². The fraction of sp³-hybridized carbons (Fsp3) is 0.192. The van der Waals surface area contributed by atoms with E-state index < -0.39 is 10.7 Å². The summed E-state index contributed by atoms with van der Waals surface area (Å²) >= 11 is 1.22. The van der Waals surface area contributed by atoms with Gasteiger partial charge in [-0.1, -0.05) is 35.4 Å². The fourth-order valence-electron chi connectivity index (χ4n) is 4.44. The molecule has 2 aliphatic rings. The van der Waals surface area contributed by atoms with Crippen LogP contribution in [0.25, 0.3) is 0 Å². The Morgan fingerprint density at radius 3 is 2.38 bits per heavy atom. The molecule has 0 bridgehead atoms. The molecule has 2 aliphatic heterocycles. The first-order valence-corrected chi connectivity index (χ1v) is 11.8. The first kappa shape index (κ1) is 22.2. The van der Waals surface area contributed by atoms with Crippen molar-refractivity contribution in [2.75, 3.05) is 27.4 Å². The Labute approximate surface area is 200 Å². The smallest absolute Gasteiger partial charge is 0.269 e. The quantitative estimate of drug-likeness (QED) is 0.609. The molecule has 0 saturated carbocycles. The van der Waals surface area contributed by atoms with Crippen LogP contribution in [0.5, 0.6) is 0 Å². The number of carbonyl (C=O) groups excluding carboxylic acids is 3. The molecule has 3 aromatic rings. The monoisotopic (exact) mass is 475 g/mol. The number of halogens is 1. The van der Waals surface area contributed by atoms with Crippen molar-refractivity contribution in [2.45, 2.75) is 18.7 Å². The van der Waals surface area contributed by atoms with Crippen LogP contribution >= 0.6 is 11.8 Å². The Bertz CT molecular complexity index is 1310. The lowest BCUT2D eigenvalue weighted by Crippen LogP contribution is -2.50. The van der Waals surface area contributed by atoms with E-state index in [0.717, 1.165) is 11.1 Å². The highest BCUT2D eigenvalue weighted by Gasteiger charge is 2.61. The summed E-state index contributed by atoms with van der Waals surface area (Å²) in [5.41, 5.74) is 4.31. The van der Waals surface area contributed by atoms with Gasteiger partial charge in [0.05, 0.1) is 11.4 Å². The van der Waals surface area contributed by atoms with E-state index in [4.69, 9.17) is 0 Å². The molecule has 1 saturated heterocycles. The summed E-state index contributed by atoms with van der Waals surface area (Å²) in [7, 11) is 0. The highest BCUT2D eigenvalue weighted by molar-refractivity contribution is 8.02. The van der Waals surface area contributed by atoms with Crippen molar-refractivity contribution in [2.24, 2.45) is 0 Å². The number of fused-ring (bicyclic) bond motifs is 2. The molecular formula is C26H22FN3O3S. The lowest BCUT2D eigenvalue weighted by Gasteiger charge is -2.33. The van der Waals surface area contributed by atoms with E-state index in [1.807, 2.05) is 44.2 Å². The lowest BCUT2D eigenvalue weighted by molar-refractivity contribution is -0.124. The van der Waals surface area contributed by atoms with Crippen LogP contribution in [0.4, 0.5) is 21.5 Å². The molecule has 8 heteroatoms. The minimum Gasteiger partial charge on any atom is -0.325 e. The van der Waals surface area contributed by atoms with Gasteiger partial charge in [0.15, 0.2) is 0 Å². The van der Waals surface area contributed by atoms with Crippen molar-refractivity contribution in [1.82, 2.24) is 0 Å². The van der Waals surface area contributed by atoms with E-state index in [-0.39, 0.29) is 30.0 Å². The predicted molar refractivity (Wildman–Crippen MR) is 131 cm³/mol. The number of nitrogens with zero attached hydrogens (tertiary/aromatic N) is 2. The number of nitrogens with one attached hydrogen (secondary N) is 1. The van der Waals surface area contributed by atoms with Crippen LogP contribution in [-0.4, -0.2) is 30.0 Å². The van der Waals surface area contributed by atoms with Gasteiger partial charge < -0.3 is 5.32 Å². The lowest BCUT2D eigenvalue weighted by atomic mass is 10.0. The van der Waals surface area contributed by atoms with Crippen LogP contribution < -0.4 is 15.1 Å². The van der Waals surface area contributed by atoms with Gasteiger partial charge in [0.2, 0.25) is 16.7 Å². The fourth-order valence-corrected chi connectivity index (χ4v) is 5.80. The number of aryl methyl sites for hydroxylation is 2. The number of rotatable bonds is 4. The Kier molecular flexibility index (Phi) is 5.40. The topological polar surface area (TPSA) is 69.7 Å². The van der Waals surface area contributed by atoms with Crippen LogP contribution in [-0.2, 0) is 19.3 Å². The molecule has 2 heterocycles. The van der Waals surface area contributed by atoms with E-state index in [1.54, 1.807) is 12.1 Å². The van der Waals surface area contributed by atoms with Gasteiger partial charge in [0.1, 0.15) is 12.4 Å². The Balaban J connectivity index is 1.53. The van der Waals surface area contributed by atoms with Crippen molar-refractivity contribution in [3.05, 3.63) is 89.2 Å². The van der Waals surface area contributed by atoms with Crippen molar-refractivity contribution in [3.63, 3.8) is 0 Å². The molecule has 3 amide bonds. The van der Waals surface area contributed by atoms with E-state index >= 15 is 0 Å². The molecule has 5 rings (SSSR count). The third-order valence-electron chi connectivity index (χ3n) is 6.03. The van der Waals surface area contributed by atoms with Gasteiger partial charge in [-0.2, -0.15) is 0 Å². The number of benzene rings is 3. The SMILES string of the molecule is Cc1ccc(NC(=O)CN2C(=O)C3(SCC(=O)N3c3ccc(F)cc3)c3cc(C)ccc32)cc1. The largest absolute Gasteiger partial charge is 0.325 e. The number of thioether (sulfide) groups is 1. The molecule has 0 aromatic heterocycles. The maximum atomic E-state index is 14.0. The zero-order chi connectivity index (χ0) is 24.0. The second-order valence-corrected chi connectivity index (χ2v) is 9.63. The van der Waals surface area contributed by atoms with E-state index in [0.29, 0.717) is 22.6 Å². The zero-order valence-electron chi connectivity index (χ0n) is 18.7. The Hall–Kier alpha value is -3.65. The number of amides is 3. The molecule has 1 atom stereocenters. The number of anilines is 3. The first-order chi connectivity index (χ1) is 16.3. The van der Waals surface area contributed by atoms with E-state index in [1.165, 1.54) is 45.8 Å². The second kappa shape index (κ2) is 8.29. The van der Waals surface area contributed by atoms with Crippen LogP contribution in [0.2, 0.25) is 0 Å². The maximum Gasteiger partial charge on any atom is 0.269 e. The molecule has 0 aliphatic carbocycles. The normalized spacial score (nSPS) is 19.1. The molecule has 1 N–H and O–H groups in total. The zero-order valence-corrected chi connectivity index (χ0v) is 19.5. The minimum atomic E-state index is -1.35. The van der Waals surface area contributed by atoms with Crippen molar-refractivity contribution < 1.29 is 18.8 Å². The molecule has 1 spiro atoms. The highest BCUT2D eigenvalue weighted by Crippen LogP contribution is 2.55. The standard InChI is InChI=1S/C26H22FN3O3S/c1-16-3-8-19(9-4-16)28-23(31)14-29-22-12-5-17(2)13-21(22)26(25(29)33)30(24(32)15-34-26)20-10-6-18(27)7-11-20/h3-13H,14-15H2,1-2H3,(H,28,31). The third kappa shape index (κ3) is 3.54. The molecule has 3 aromatic carbocycles. The van der Waals surface area contributed by atoms with Gasteiger partial charge >= 0.3 is 0 Å². The molecular weight excluding hydrogens is 453 g/mol. The molecule has 172 valence electrons. The number of hydrogen-bond acceptors (Lipinski definition) is 4. The first-order valence-electron chi connectivity index (χ1n) is 10.8. The summed E-state index contributed by atoms with van der Waals surface area (Å²) in [6, 6.07) is 18.5. The van der Waals surface area contributed by atoms with Gasteiger partial charge in [-0.3, -0.25) is 24.2 Å². The summed E-state index contributed by atoms with van der Waals surface area (Å²) in [5.74, 6) is -1.29. The second-order valence-electron chi connectivity index (χ2n) is 8.46. The highest BCUT2D eigenvalue weighted by atomic mass is 32.2. The molecule has 34 heavy (non-hydrogen) atoms. The summed E-state index contributed by atoms with van der Waals surface area (Å²) in [5, 5.41) is 2.83. The predicted octanol–water partition coefficient (Wildman–Crippen LogP) is 4.36. The van der Waals surface area contributed by atoms with Gasteiger partial charge in [0.25, 0.3) is 5.91 Å². The average Bonchev–Trinajstić information content (AvgIpc) is 3.27. The molecule has 1 fully saturated rings. The maximum absolute atomic E-state index is 14.0. The van der Waals surface area contributed by atoms with Gasteiger partial charge in [-0.15, -0.1) is 11.8 Å². The molecule has 0 radical (unpaired) electrons. The summed E-state index contributed by atoms with van der Waals surface area (Å²) in [4.78, 5) is 41.4. The van der Waals surface area contributed by atoms with Gasteiger partial charge in [-0.05, 0) is 56.3 Å². The van der Waals surface area contributed by atoms with Crippen LogP contribution in [0.1, 0.15) is 16.7 Å². The number of hydrogen-bond donors (Lipinski definition) is 1. The summed E-state index contributed by atoms with van der Waals surface area (Å²) in [6.07, 6.45) is 0. The van der Waals surface area contributed by atoms with E-state index in [2.05, 4.69) is 5.32 Å². The Morgan fingerprint density at radius 1 is 1.00 bits per heavy atom. The summed E-state index contributed by atoms with van der Waals surface area (Å²) in [6.45, 7) is 3.67. The van der Waals surface area contributed by atoms with Crippen LogP contribution in [0.15, 0.2) is 66.7 Å². The van der Waals surface area contributed by atoms with Gasteiger partial charge in [0, 0.05) is 16.9 Å². The molecule has 6 nitrogen and oxygen atoms in total. The number of carbonyl (C=O) groups is 3. The van der Waals surface area contributed by atoms with E-state index in [9.17, 15) is 18.8 Å². The third-order valence-corrected chi connectivity index (χ3v) is 7.42.